The Morgan fingerprint density at radius 1 is 1.16 bits per heavy atom. The van der Waals surface area contributed by atoms with Gasteiger partial charge in [0.1, 0.15) is 0 Å². The fourth-order valence-corrected chi connectivity index (χ4v) is 2.64. The lowest BCUT2D eigenvalue weighted by Crippen LogP contribution is -2.48. The largest absolute Gasteiger partial charge is 0.335 e. The van der Waals surface area contributed by atoms with Crippen molar-refractivity contribution in [1.29, 1.82) is 0 Å². The lowest BCUT2D eigenvalue weighted by Gasteiger charge is -2.28. The molecule has 0 spiro atoms. The van der Waals surface area contributed by atoms with Gasteiger partial charge in [-0.2, -0.15) is 0 Å². The van der Waals surface area contributed by atoms with E-state index in [1.54, 1.807) is 0 Å². The Bertz CT molecular complexity index is 373. The lowest BCUT2D eigenvalue weighted by atomic mass is 10.1. The van der Waals surface area contributed by atoms with Crippen LogP contribution in [0.2, 0.25) is 0 Å². The molecule has 5 nitrogen and oxygen atoms in total. The van der Waals surface area contributed by atoms with Crippen LogP contribution in [0.5, 0.6) is 0 Å². The van der Waals surface area contributed by atoms with Crippen molar-refractivity contribution in [3.63, 3.8) is 0 Å². The van der Waals surface area contributed by atoms with Crippen molar-refractivity contribution in [3.8, 4) is 0 Å². The number of amides is 3. The summed E-state index contributed by atoms with van der Waals surface area (Å²) in [5.74, 6) is 0.589. The van der Waals surface area contributed by atoms with Gasteiger partial charge in [0, 0.05) is 18.1 Å². The molecule has 3 amide bonds. The van der Waals surface area contributed by atoms with Gasteiger partial charge >= 0.3 is 6.03 Å². The third-order valence-corrected chi connectivity index (χ3v) is 4.33. The molecular weight excluding hydrogens is 242 g/mol. The smallest absolute Gasteiger partial charge is 0.321 e. The maximum Gasteiger partial charge on any atom is 0.321 e. The monoisotopic (exact) mass is 265 g/mol. The average Bonchev–Trinajstić information content (AvgIpc) is 3.21. The lowest BCUT2D eigenvalue weighted by molar-refractivity contribution is -0.121. The Labute approximate surface area is 114 Å². The maximum atomic E-state index is 11.9. The van der Waals surface area contributed by atoms with Gasteiger partial charge in [-0.05, 0) is 51.4 Å². The zero-order valence-electron chi connectivity index (χ0n) is 11.5. The van der Waals surface area contributed by atoms with Crippen molar-refractivity contribution >= 4 is 11.9 Å². The van der Waals surface area contributed by atoms with E-state index in [-0.39, 0.29) is 18.0 Å². The fourth-order valence-electron chi connectivity index (χ4n) is 2.64. The van der Waals surface area contributed by atoms with E-state index < -0.39 is 0 Å². The first-order valence-electron chi connectivity index (χ1n) is 7.49. The highest BCUT2D eigenvalue weighted by molar-refractivity contribution is 5.95. The first-order valence-corrected chi connectivity index (χ1v) is 7.49. The van der Waals surface area contributed by atoms with Gasteiger partial charge in [0.15, 0.2) is 0 Å². The molecule has 0 aromatic heterocycles. The minimum absolute atomic E-state index is 0.169. The number of hydrogen-bond donors (Lipinski definition) is 2. The number of nitrogens with one attached hydrogen (secondary N) is 2. The van der Waals surface area contributed by atoms with Crippen LogP contribution in [0.1, 0.15) is 45.4 Å². The Balaban J connectivity index is 1.46. The van der Waals surface area contributed by atoms with Crippen LogP contribution in [0.3, 0.4) is 0 Å². The summed E-state index contributed by atoms with van der Waals surface area (Å²) in [5.41, 5.74) is 0. The van der Waals surface area contributed by atoms with Crippen molar-refractivity contribution in [2.24, 2.45) is 5.92 Å². The Morgan fingerprint density at radius 3 is 2.37 bits per heavy atom. The van der Waals surface area contributed by atoms with E-state index in [2.05, 4.69) is 22.5 Å². The number of imide groups is 1. The summed E-state index contributed by atoms with van der Waals surface area (Å²) >= 11 is 0. The SMILES string of the molecule is C[C@@H](C1CC1)N(CC(=O)NC(=O)NC1CC1)C1CC1. The summed E-state index contributed by atoms with van der Waals surface area (Å²) in [5, 5.41) is 5.23. The Morgan fingerprint density at radius 2 is 1.84 bits per heavy atom. The van der Waals surface area contributed by atoms with E-state index in [1.807, 2.05) is 0 Å². The van der Waals surface area contributed by atoms with Gasteiger partial charge in [0.05, 0.1) is 6.54 Å². The number of hydrogen-bond acceptors (Lipinski definition) is 3. The number of carbonyl (C=O) groups is 2. The molecule has 3 fully saturated rings. The van der Waals surface area contributed by atoms with E-state index >= 15 is 0 Å². The first kappa shape index (κ1) is 12.9. The minimum Gasteiger partial charge on any atom is -0.335 e. The molecule has 3 saturated carbocycles. The summed E-state index contributed by atoms with van der Waals surface area (Å²) in [6.07, 6.45) is 7.03. The second-order valence-corrected chi connectivity index (χ2v) is 6.28. The van der Waals surface area contributed by atoms with Gasteiger partial charge in [0.2, 0.25) is 5.91 Å². The number of carbonyl (C=O) groups excluding carboxylic acids is 2. The highest BCUT2D eigenvalue weighted by Crippen LogP contribution is 2.39. The van der Waals surface area contributed by atoms with Crippen LogP contribution in [0, 0.1) is 5.92 Å². The quantitative estimate of drug-likeness (QED) is 0.759. The van der Waals surface area contributed by atoms with E-state index in [0.717, 1.165) is 18.8 Å². The summed E-state index contributed by atoms with van der Waals surface area (Å²) < 4.78 is 0. The average molecular weight is 265 g/mol. The van der Waals surface area contributed by atoms with Crippen molar-refractivity contribution in [2.45, 2.75) is 63.6 Å². The fraction of sp³-hybridized carbons (Fsp3) is 0.857. The van der Waals surface area contributed by atoms with Crippen LogP contribution in [0.4, 0.5) is 4.79 Å². The Hall–Kier alpha value is -1.10. The number of nitrogens with zero attached hydrogens (tertiary/aromatic N) is 1. The number of rotatable bonds is 6. The molecule has 0 bridgehead atoms. The molecule has 0 saturated heterocycles. The third-order valence-electron chi connectivity index (χ3n) is 4.33. The standard InChI is InChI=1S/C14H23N3O2/c1-9(10-2-3-10)17(12-6-7-12)8-13(18)16-14(19)15-11-4-5-11/h9-12H,2-8H2,1H3,(H2,15,16,18,19)/t9-/m0/s1. The van der Waals surface area contributed by atoms with Crippen molar-refractivity contribution < 1.29 is 9.59 Å². The normalized spacial score (nSPS) is 24.1. The van der Waals surface area contributed by atoms with E-state index in [9.17, 15) is 9.59 Å². The highest BCUT2D eigenvalue weighted by atomic mass is 16.2. The molecule has 0 radical (unpaired) electrons. The highest BCUT2D eigenvalue weighted by Gasteiger charge is 2.40. The van der Waals surface area contributed by atoms with E-state index in [1.165, 1.54) is 25.7 Å². The molecule has 0 heterocycles. The zero-order valence-corrected chi connectivity index (χ0v) is 11.5. The van der Waals surface area contributed by atoms with Crippen LogP contribution >= 0.6 is 0 Å². The molecule has 106 valence electrons. The molecule has 19 heavy (non-hydrogen) atoms. The predicted molar refractivity (Wildman–Crippen MR) is 71.6 cm³/mol. The third kappa shape index (κ3) is 3.69. The molecule has 2 N–H and O–H groups in total. The maximum absolute atomic E-state index is 11.9. The van der Waals surface area contributed by atoms with Crippen molar-refractivity contribution in [2.75, 3.05) is 6.54 Å². The second-order valence-electron chi connectivity index (χ2n) is 6.28. The van der Waals surface area contributed by atoms with E-state index in [4.69, 9.17) is 0 Å². The van der Waals surface area contributed by atoms with Gasteiger partial charge in [-0.3, -0.25) is 15.0 Å². The van der Waals surface area contributed by atoms with E-state index in [0.29, 0.717) is 18.6 Å². The minimum atomic E-state index is -0.331. The van der Waals surface area contributed by atoms with Gasteiger partial charge in [-0.1, -0.05) is 0 Å². The van der Waals surface area contributed by atoms with Crippen LogP contribution in [-0.4, -0.2) is 41.5 Å². The van der Waals surface area contributed by atoms with Crippen molar-refractivity contribution in [3.05, 3.63) is 0 Å². The zero-order chi connectivity index (χ0) is 13.4. The molecule has 0 aromatic rings. The molecule has 0 unspecified atom stereocenters. The first-order chi connectivity index (χ1) is 9.13. The molecular formula is C14H23N3O2. The molecule has 3 rings (SSSR count). The van der Waals surface area contributed by atoms with Crippen LogP contribution in [0.15, 0.2) is 0 Å². The summed E-state index contributed by atoms with van der Waals surface area (Å²) in [4.78, 5) is 25.7. The van der Waals surface area contributed by atoms with Crippen LogP contribution < -0.4 is 10.6 Å². The summed E-state index contributed by atoms with van der Waals surface area (Å²) in [6.45, 7) is 2.58. The van der Waals surface area contributed by atoms with Gasteiger partial charge in [-0.25, -0.2) is 4.79 Å². The summed E-state index contributed by atoms with van der Waals surface area (Å²) in [6, 6.07) is 0.998. The predicted octanol–water partition coefficient (Wildman–Crippen LogP) is 1.24. The van der Waals surface area contributed by atoms with Gasteiger partial charge in [0.25, 0.3) is 0 Å². The molecule has 3 aliphatic carbocycles. The van der Waals surface area contributed by atoms with Crippen LogP contribution in [-0.2, 0) is 4.79 Å². The summed E-state index contributed by atoms with van der Waals surface area (Å²) in [7, 11) is 0. The second kappa shape index (κ2) is 5.12. The molecule has 0 aliphatic heterocycles. The van der Waals surface area contributed by atoms with Gasteiger partial charge < -0.3 is 5.32 Å². The number of urea groups is 1. The van der Waals surface area contributed by atoms with Gasteiger partial charge in [-0.15, -0.1) is 0 Å². The molecule has 3 aliphatic rings. The Kier molecular flexibility index (Phi) is 3.48. The molecule has 1 atom stereocenters. The topological polar surface area (TPSA) is 61.4 Å². The van der Waals surface area contributed by atoms with Crippen LogP contribution in [0.25, 0.3) is 0 Å². The molecule has 0 aromatic carbocycles. The van der Waals surface area contributed by atoms with Crippen molar-refractivity contribution in [1.82, 2.24) is 15.5 Å². The molecule has 5 heteroatoms.